The third kappa shape index (κ3) is 3.79. The monoisotopic (exact) mass is 402 g/mol. The van der Waals surface area contributed by atoms with Gasteiger partial charge in [0, 0.05) is 21.1 Å². The largest absolute Gasteiger partial charge is 0.493 e. The van der Waals surface area contributed by atoms with Gasteiger partial charge in [0.25, 0.3) is 0 Å². The van der Waals surface area contributed by atoms with E-state index in [9.17, 15) is 5.26 Å². The second-order valence-electron chi connectivity index (χ2n) is 4.85. The number of ether oxygens (including phenoxy) is 2. The number of halogens is 1. The molecule has 2 aromatic rings. The van der Waals surface area contributed by atoms with Crippen LogP contribution < -0.4 is 9.47 Å². The van der Waals surface area contributed by atoms with Crippen LogP contribution in [0.25, 0.3) is 0 Å². The molecule has 0 saturated heterocycles. The first kappa shape index (κ1) is 18.1. The molecule has 0 N–H and O–H groups in total. The molecule has 0 radical (unpaired) electrons. The minimum Gasteiger partial charge on any atom is -0.493 e. The molecule has 1 aromatic heterocycles. The number of thiophene rings is 1. The summed E-state index contributed by atoms with van der Waals surface area (Å²) < 4.78 is 11.8. The fourth-order valence-corrected chi connectivity index (χ4v) is 3.47. The fraction of sp³-hybridized carbons (Fsp3) is 0.222. The number of methoxy groups -OCH3 is 1. The number of nitriles is 1. The van der Waals surface area contributed by atoms with Crippen molar-refractivity contribution in [3.05, 3.63) is 38.2 Å². The van der Waals surface area contributed by atoms with E-state index >= 15 is 0 Å². The maximum atomic E-state index is 9.32. The average molecular weight is 403 g/mol. The van der Waals surface area contributed by atoms with E-state index in [0.29, 0.717) is 27.6 Å². The van der Waals surface area contributed by atoms with Crippen LogP contribution in [-0.4, -0.2) is 19.9 Å². The van der Waals surface area contributed by atoms with E-state index in [4.69, 9.17) is 15.9 Å². The van der Waals surface area contributed by atoms with Gasteiger partial charge in [-0.2, -0.15) is 5.26 Å². The second kappa shape index (κ2) is 8.01. The summed E-state index contributed by atoms with van der Waals surface area (Å²) in [5, 5.41) is 9.99. The van der Waals surface area contributed by atoms with E-state index in [0.717, 1.165) is 14.9 Å². The Labute approximate surface area is 153 Å². The molecule has 122 valence electrons. The van der Waals surface area contributed by atoms with E-state index in [-0.39, 0.29) is 6.61 Å². The Morgan fingerprint density at radius 1 is 1.42 bits per heavy atom. The average Bonchev–Trinajstić information content (AvgIpc) is 2.85. The molecular weight excluding hydrogens is 388 g/mol. The topological polar surface area (TPSA) is 54.6 Å². The summed E-state index contributed by atoms with van der Waals surface area (Å²) in [6.45, 7) is 4.02. The lowest BCUT2D eigenvalue weighted by atomic mass is 10.2. The van der Waals surface area contributed by atoms with Gasteiger partial charge in [0.2, 0.25) is 0 Å². The quantitative estimate of drug-likeness (QED) is 0.534. The van der Waals surface area contributed by atoms with Crippen LogP contribution in [0.1, 0.15) is 21.6 Å². The van der Waals surface area contributed by atoms with Crippen molar-refractivity contribution in [2.75, 3.05) is 13.7 Å². The lowest BCUT2D eigenvalue weighted by Gasteiger charge is -2.12. The van der Waals surface area contributed by atoms with Gasteiger partial charge < -0.3 is 9.47 Å². The zero-order chi connectivity index (χ0) is 17.7. The summed E-state index contributed by atoms with van der Waals surface area (Å²) in [6, 6.07) is 5.86. The van der Waals surface area contributed by atoms with Gasteiger partial charge in [-0.15, -0.1) is 17.8 Å². The molecule has 0 atom stereocenters. The number of nitrogens with zero attached hydrogens (tertiary/aromatic N) is 2. The predicted molar refractivity (Wildman–Crippen MR) is 101 cm³/mol. The molecule has 4 nitrogen and oxygen atoms in total. The van der Waals surface area contributed by atoms with Crippen LogP contribution in [0.3, 0.4) is 0 Å². The number of hydrogen-bond acceptors (Lipinski definition) is 5. The Balaban J connectivity index is 2.49. The number of terminal acetylenes is 1. The van der Waals surface area contributed by atoms with Gasteiger partial charge in [0.1, 0.15) is 17.7 Å². The third-order valence-corrected chi connectivity index (χ3v) is 4.94. The van der Waals surface area contributed by atoms with Gasteiger partial charge in [-0.1, -0.05) is 21.9 Å². The second-order valence-corrected chi connectivity index (χ2v) is 6.97. The molecule has 0 aliphatic rings. The Bertz CT molecular complexity index is 873. The van der Waals surface area contributed by atoms with Crippen LogP contribution in [0, 0.1) is 37.5 Å². The Hall–Kier alpha value is -2.28. The number of aryl methyl sites for hydroxylation is 1. The number of aliphatic imine (C=N–C) groups is 1. The zero-order valence-electron chi connectivity index (χ0n) is 13.5. The van der Waals surface area contributed by atoms with Crippen LogP contribution in [0.15, 0.2) is 21.6 Å². The van der Waals surface area contributed by atoms with Crippen molar-refractivity contribution in [2.45, 2.75) is 13.8 Å². The molecule has 0 bridgehead atoms. The fourth-order valence-electron chi connectivity index (χ4n) is 2.06. The predicted octanol–water partition coefficient (Wildman–Crippen LogP) is 4.77. The van der Waals surface area contributed by atoms with Gasteiger partial charge in [-0.3, -0.25) is 0 Å². The van der Waals surface area contributed by atoms with Crippen molar-refractivity contribution >= 4 is 38.5 Å². The zero-order valence-corrected chi connectivity index (χ0v) is 15.9. The highest BCUT2D eigenvalue weighted by Gasteiger charge is 2.14. The molecule has 0 aliphatic carbocycles. The summed E-state index contributed by atoms with van der Waals surface area (Å²) in [4.78, 5) is 5.56. The number of benzene rings is 1. The molecule has 2 rings (SSSR count). The lowest BCUT2D eigenvalue weighted by molar-refractivity contribution is 0.330. The Morgan fingerprint density at radius 2 is 2.17 bits per heavy atom. The minimum absolute atomic E-state index is 0.125. The van der Waals surface area contributed by atoms with E-state index < -0.39 is 0 Å². The molecule has 0 aliphatic heterocycles. The van der Waals surface area contributed by atoms with E-state index in [1.54, 1.807) is 19.4 Å². The van der Waals surface area contributed by atoms with Crippen molar-refractivity contribution in [2.24, 2.45) is 4.99 Å². The maximum Gasteiger partial charge on any atom is 0.171 e. The van der Waals surface area contributed by atoms with Gasteiger partial charge in [0.05, 0.1) is 12.7 Å². The first-order valence-electron chi connectivity index (χ1n) is 6.99. The molecule has 1 heterocycles. The normalized spacial score (nSPS) is 10.4. The van der Waals surface area contributed by atoms with Gasteiger partial charge in [-0.05, 0) is 31.5 Å². The van der Waals surface area contributed by atoms with Gasteiger partial charge in [0.15, 0.2) is 11.5 Å². The summed E-state index contributed by atoms with van der Waals surface area (Å²) in [7, 11) is 1.56. The van der Waals surface area contributed by atoms with Crippen LogP contribution in [0.5, 0.6) is 11.5 Å². The summed E-state index contributed by atoms with van der Waals surface area (Å²) in [5.74, 6) is 3.51. The van der Waals surface area contributed by atoms with E-state index in [2.05, 4.69) is 32.9 Å². The molecule has 0 unspecified atom stereocenters. The highest BCUT2D eigenvalue weighted by atomic mass is 79.9. The molecule has 0 fully saturated rings. The van der Waals surface area contributed by atoms with Crippen molar-refractivity contribution in [3.8, 4) is 29.9 Å². The van der Waals surface area contributed by atoms with Crippen LogP contribution in [0.4, 0.5) is 5.00 Å². The Morgan fingerprint density at radius 3 is 2.79 bits per heavy atom. The standard InChI is InChI=1S/C18H15BrN2O2S/c1-5-6-23-17-13(7-14(19)8-16(17)22-4)10-21-18-15(9-20)11(2)12(3)24-18/h1,7-8,10H,6H2,2-4H3. The maximum absolute atomic E-state index is 9.32. The Kier molecular flexibility index (Phi) is 6.03. The van der Waals surface area contributed by atoms with Crippen molar-refractivity contribution in [1.82, 2.24) is 0 Å². The molecule has 0 amide bonds. The molecule has 0 spiro atoms. The summed E-state index contributed by atoms with van der Waals surface area (Å²) in [6.07, 6.45) is 6.93. The summed E-state index contributed by atoms with van der Waals surface area (Å²) in [5.41, 5.74) is 2.27. The van der Waals surface area contributed by atoms with Crippen LogP contribution in [-0.2, 0) is 0 Å². The molecule has 0 saturated carbocycles. The van der Waals surface area contributed by atoms with E-state index in [1.165, 1.54) is 11.3 Å². The highest BCUT2D eigenvalue weighted by molar-refractivity contribution is 9.10. The highest BCUT2D eigenvalue weighted by Crippen LogP contribution is 2.36. The number of rotatable bonds is 5. The van der Waals surface area contributed by atoms with Crippen LogP contribution >= 0.6 is 27.3 Å². The van der Waals surface area contributed by atoms with Gasteiger partial charge in [-0.25, -0.2) is 4.99 Å². The molecular formula is C18H15BrN2O2S. The van der Waals surface area contributed by atoms with Crippen molar-refractivity contribution < 1.29 is 9.47 Å². The first-order chi connectivity index (χ1) is 11.5. The van der Waals surface area contributed by atoms with E-state index in [1.807, 2.05) is 19.9 Å². The summed E-state index contributed by atoms with van der Waals surface area (Å²) >= 11 is 4.93. The molecule has 6 heteroatoms. The first-order valence-corrected chi connectivity index (χ1v) is 8.60. The lowest BCUT2D eigenvalue weighted by Crippen LogP contribution is -2.00. The smallest absolute Gasteiger partial charge is 0.171 e. The van der Waals surface area contributed by atoms with Crippen molar-refractivity contribution in [1.29, 1.82) is 5.26 Å². The van der Waals surface area contributed by atoms with Crippen LogP contribution in [0.2, 0.25) is 0 Å². The number of hydrogen-bond donors (Lipinski definition) is 0. The van der Waals surface area contributed by atoms with Crippen molar-refractivity contribution in [3.63, 3.8) is 0 Å². The molecule has 24 heavy (non-hydrogen) atoms. The third-order valence-electron chi connectivity index (χ3n) is 3.37. The minimum atomic E-state index is 0.125. The van der Waals surface area contributed by atoms with Gasteiger partial charge >= 0.3 is 0 Å². The molecule has 1 aromatic carbocycles. The SMILES string of the molecule is C#CCOc1c(C=Nc2sc(C)c(C)c2C#N)cc(Br)cc1OC.